The Morgan fingerprint density at radius 2 is 1.16 bits per heavy atom. The number of unbranched alkanes of at least 4 members (excludes halogenated alkanes) is 3. The minimum atomic E-state index is 0.887. The highest BCUT2D eigenvalue weighted by Crippen LogP contribution is 2.34. The van der Waals surface area contributed by atoms with Crippen LogP contribution >= 0.6 is 0 Å². The normalized spacial score (nSPS) is 17.7. The molecule has 0 bridgehead atoms. The van der Waals surface area contributed by atoms with Crippen LogP contribution in [0.25, 0.3) is 0 Å². The molecule has 1 aliphatic rings. The minimum Gasteiger partial charge on any atom is -0.0982 e. The molecular weight excluding hydrogens is 384 g/mol. The summed E-state index contributed by atoms with van der Waals surface area (Å²) in [6.45, 7) is 4.37. The van der Waals surface area contributed by atoms with Crippen molar-refractivity contribution < 1.29 is 0 Å². The molecule has 0 heterocycles. The molecule has 0 radical (unpaired) electrons. The van der Waals surface area contributed by atoms with E-state index >= 15 is 0 Å². The lowest BCUT2D eigenvalue weighted by Crippen LogP contribution is -2.15. The van der Waals surface area contributed by atoms with Crippen LogP contribution in [0.5, 0.6) is 0 Å². The van der Waals surface area contributed by atoms with Crippen molar-refractivity contribution in [3.05, 3.63) is 70.8 Å². The molecule has 0 nitrogen and oxygen atoms in total. The van der Waals surface area contributed by atoms with E-state index in [4.69, 9.17) is 0 Å². The summed E-state index contributed by atoms with van der Waals surface area (Å²) in [4.78, 5) is 0. The highest BCUT2D eigenvalue weighted by molar-refractivity contribution is 5.46. The largest absolute Gasteiger partial charge is 0.0982 e. The second-order valence-corrected chi connectivity index (χ2v) is 9.45. The lowest BCUT2D eigenvalue weighted by atomic mass is 9.77. The number of benzene rings is 2. The highest BCUT2D eigenvalue weighted by atomic mass is 14.3. The van der Waals surface area contributed by atoms with Gasteiger partial charge in [0, 0.05) is 23.1 Å². The van der Waals surface area contributed by atoms with Crippen LogP contribution < -0.4 is 0 Å². The summed E-state index contributed by atoms with van der Waals surface area (Å²) < 4.78 is 0. The van der Waals surface area contributed by atoms with Crippen LogP contribution in [0, 0.1) is 35.5 Å². The predicted molar refractivity (Wildman–Crippen MR) is 139 cm³/mol. The van der Waals surface area contributed by atoms with Gasteiger partial charge in [-0.05, 0) is 66.6 Å². The lowest BCUT2D eigenvalue weighted by molar-refractivity contribution is 0.249. The molecular formula is C32H40. The molecule has 0 atom stereocenters. The second-order valence-electron chi connectivity index (χ2n) is 9.45. The standard InChI is InChI=1S/C32H40/c1-3-5-7-8-10-28-13-17-30(18-14-28)20-22-32-25-23-31(24-26-32)21-19-29-15-11-27(12-16-29)9-6-4-2/h11-12,15-16,23-26,28,30H,3-5,7-8,10,13-14,17-18,20,22H2,1-2H3/t28-,30-. The first kappa shape index (κ1) is 24.2. The smallest absolute Gasteiger partial charge is 0.0249 e. The zero-order valence-electron chi connectivity index (χ0n) is 20.3. The first-order valence-electron chi connectivity index (χ1n) is 13.0. The van der Waals surface area contributed by atoms with Crippen LogP contribution in [0.3, 0.4) is 0 Å². The summed E-state index contributed by atoms with van der Waals surface area (Å²) in [5, 5.41) is 0. The Labute approximate surface area is 197 Å². The maximum atomic E-state index is 3.30. The Kier molecular flexibility index (Phi) is 10.5. The summed E-state index contributed by atoms with van der Waals surface area (Å²) in [5.74, 6) is 14.8. The van der Waals surface area contributed by atoms with Crippen LogP contribution in [0.1, 0.15) is 107 Å². The average Bonchev–Trinajstić information content (AvgIpc) is 2.85. The summed E-state index contributed by atoms with van der Waals surface area (Å²) >= 11 is 0. The van der Waals surface area contributed by atoms with Gasteiger partial charge in [0.1, 0.15) is 0 Å². The van der Waals surface area contributed by atoms with Gasteiger partial charge in [-0.15, -0.1) is 0 Å². The van der Waals surface area contributed by atoms with Gasteiger partial charge in [0.25, 0.3) is 0 Å². The SMILES string of the molecule is CCC#Cc1ccc(C#Cc2ccc(CC[C@H]3CC[C@H](CCCCCC)CC3)cc2)cc1. The van der Waals surface area contributed by atoms with Gasteiger partial charge in [-0.25, -0.2) is 0 Å². The molecule has 0 aromatic heterocycles. The first-order valence-corrected chi connectivity index (χ1v) is 13.0. The monoisotopic (exact) mass is 424 g/mol. The molecule has 0 aliphatic heterocycles. The van der Waals surface area contributed by atoms with E-state index in [0.717, 1.165) is 34.9 Å². The van der Waals surface area contributed by atoms with Gasteiger partial charge in [-0.3, -0.25) is 0 Å². The maximum Gasteiger partial charge on any atom is 0.0249 e. The van der Waals surface area contributed by atoms with E-state index in [-0.39, 0.29) is 0 Å². The molecule has 1 fully saturated rings. The predicted octanol–water partition coefficient (Wildman–Crippen LogP) is 8.56. The number of hydrogen-bond acceptors (Lipinski definition) is 0. The molecule has 0 amide bonds. The zero-order valence-corrected chi connectivity index (χ0v) is 20.3. The molecule has 1 saturated carbocycles. The van der Waals surface area contributed by atoms with Crippen LogP contribution in [0.4, 0.5) is 0 Å². The summed E-state index contributed by atoms with van der Waals surface area (Å²) in [6.07, 6.45) is 16.4. The number of hydrogen-bond donors (Lipinski definition) is 0. The van der Waals surface area contributed by atoms with Gasteiger partial charge < -0.3 is 0 Å². The summed E-state index contributed by atoms with van der Waals surface area (Å²) in [6, 6.07) is 17.1. The fourth-order valence-electron chi connectivity index (χ4n) is 4.77. The molecule has 168 valence electrons. The van der Waals surface area contributed by atoms with Crippen molar-refractivity contribution in [2.75, 3.05) is 0 Å². The van der Waals surface area contributed by atoms with Crippen LogP contribution in [-0.2, 0) is 6.42 Å². The van der Waals surface area contributed by atoms with Gasteiger partial charge in [0.15, 0.2) is 0 Å². The van der Waals surface area contributed by atoms with E-state index in [0.29, 0.717) is 0 Å². The van der Waals surface area contributed by atoms with E-state index in [1.807, 2.05) is 0 Å². The van der Waals surface area contributed by atoms with Gasteiger partial charge in [0.05, 0.1) is 0 Å². The lowest BCUT2D eigenvalue weighted by Gasteiger charge is -2.28. The van der Waals surface area contributed by atoms with Crippen molar-refractivity contribution in [1.29, 1.82) is 0 Å². The molecule has 0 saturated heterocycles. The van der Waals surface area contributed by atoms with Crippen LogP contribution in [0.2, 0.25) is 0 Å². The van der Waals surface area contributed by atoms with E-state index in [1.54, 1.807) is 0 Å². The zero-order chi connectivity index (χ0) is 22.4. The molecule has 32 heavy (non-hydrogen) atoms. The van der Waals surface area contributed by atoms with E-state index < -0.39 is 0 Å². The maximum absolute atomic E-state index is 3.30. The third-order valence-electron chi connectivity index (χ3n) is 6.87. The van der Waals surface area contributed by atoms with Crippen molar-refractivity contribution >= 4 is 0 Å². The second kappa shape index (κ2) is 13.9. The van der Waals surface area contributed by atoms with E-state index in [2.05, 4.69) is 86.1 Å². The van der Waals surface area contributed by atoms with Crippen molar-refractivity contribution in [3.63, 3.8) is 0 Å². The van der Waals surface area contributed by atoms with Crippen LogP contribution in [0.15, 0.2) is 48.5 Å². The summed E-state index contributed by atoms with van der Waals surface area (Å²) in [5.41, 5.74) is 4.64. The topological polar surface area (TPSA) is 0 Å². The van der Waals surface area contributed by atoms with Gasteiger partial charge in [0.2, 0.25) is 0 Å². The Morgan fingerprint density at radius 1 is 0.625 bits per heavy atom. The summed E-state index contributed by atoms with van der Waals surface area (Å²) in [7, 11) is 0. The molecule has 1 aliphatic carbocycles. The molecule has 0 heteroatoms. The number of rotatable bonds is 8. The quantitative estimate of drug-likeness (QED) is 0.294. The van der Waals surface area contributed by atoms with Gasteiger partial charge in [-0.1, -0.05) is 107 Å². The van der Waals surface area contributed by atoms with Crippen molar-refractivity contribution in [2.45, 2.75) is 90.9 Å². The molecule has 2 aromatic carbocycles. The van der Waals surface area contributed by atoms with E-state index in [1.165, 1.54) is 76.2 Å². The van der Waals surface area contributed by atoms with Crippen molar-refractivity contribution in [2.24, 2.45) is 11.8 Å². The van der Waals surface area contributed by atoms with Crippen molar-refractivity contribution in [1.82, 2.24) is 0 Å². The van der Waals surface area contributed by atoms with Crippen LogP contribution in [-0.4, -0.2) is 0 Å². The van der Waals surface area contributed by atoms with E-state index in [9.17, 15) is 0 Å². The third kappa shape index (κ3) is 8.60. The third-order valence-corrected chi connectivity index (χ3v) is 6.87. The Hall–Kier alpha value is -2.44. The molecule has 2 aromatic rings. The fraction of sp³-hybridized carbons (Fsp3) is 0.500. The fourth-order valence-corrected chi connectivity index (χ4v) is 4.77. The molecule has 0 unspecified atom stereocenters. The number of aryl methyl sites for hydroxylation is 1. The highest BCUT2D eigenvalue weighted by Gasteiger charge is 2.20. The molecule has 0 N–H and O–H groups in total. The molecule has 0 spiro atoms. The van der Waals surface area contributed by atoms with Gasteiger partial charge >= 0.3 is 0 Å². The Morgan fingerprint density at radius 3 is 1.72 bits per heavy atom. The molecule has 3 rings (SSSR count). The van der Waals surface area contributed by atoms with Crippen molar-refractivity contribution in [3.8, 4) is 23.7 Å². The first-order chi connectivity index (χ1) is 15.8. The average molecular weight is 425 g/mol. The Balaban J connectivity index is 1.40. The van der Waals surface area contributed by atoms with Gasteiger partial charge in [-0.2, -0.15) is 0 Å². The Bertz CT molecular complexity index is 900. The minimum absolute atomic E-state index is 0.887.